The molecule has 2 aliphatic rings. The Bertz CT molecular complexity index is 188. The van der Waals surface area contributed by atoms with E-state index in [1.54, 1.807) is 0 Å². The average molecular weight is 170 g/mol. The summed E-state index contributed by atoms with van der Waals surface area (Å²) >= 11 is 4.26. The second-order valence-electron chi connectivity index (χ2n) is 3.91. The number of thiol groups is 1. The van der Waals surface area contributed by atoms with E-state index in [0.29, 0.717) is 5.41 Å². The molecule has 0 N–H and O–H groups in total. The zero-order valence-electron chi connectivity index (χ0n) is 6.88. The maximum Gasteiger partial charge on any atom is 0.0326 e. The van der Waals surface area contributed by atoms with Crippen molar-refractivity contribution in [2.45, 2.75) is 6.92 Å². The van der Waals surface area contributed by atoms with E-state index < -0.39 is 0 Å². The van der Waals surface area contributed by atoms with E-state index in [-0.39, 0.29) is 0 Å². The minimum Gasteiger partial charge on any atom is -0.374 e. The van der Waals surface area contributed by atoms with Gasteiger partial charge in [0.2, 0.25) is 0 Å². The molecule has 2 saturated heterocycles. The highest BCUT2D eigenvalue weighted by molar-refractivity contribution is 7.77. The lowest BCUT2D eigenvalue weighted by Crippen LogP contribution is -2.69. The Morgan fingerprint density at radius 3 is 2.27 bits per heavy atom. The highest BCUT2D eigenvalue weighted by Crippen LogP contribution is 2.41. The SMILES string of the molecule is C=C(C)N1CC2(CN(S)C2)C1. The molecular weight excluding hydrogens is 156 g/mol. The summed E-state index contributed by atoms with van der Waals surface area (Å²) in [6.45, 7) is 10.7. The topological polar surface area (TPSA) is 6.48 Å². The van der Waals surface area contributed by atoms with Crippen LogP contribution in [0.4, 0.5) is 0 Å². The molecule has 0 atom stereocenters. The van der Waals surface area contributed by atoms with E-state index in [4.69, 9.17) is 0 Å². The molecule has 11 heavy (non-hydrogen) atoms. The smallest absolute Gasteiger partial charge is 0.0326 e. The molecule has 62 valence electrons. The molecule has 0 aliphatic carbocycles. The van der Waals surface area contributed by atoms with Crippen molar-refractivity contribution in [3.63, 3.8) is 0 Å². The second kappa shape index (κ2) is 2.17. The summed E-state index contributed by atoms with van der Waals surface area (Å²) in [5.74, 6) is 0. The number of rotatable bonds is 1. The summed E-state index contributed by atoms with van der Waals surface area (Å²) in [6.07, 6.45) is 0. The van der Waals surface area contributed by atoms with E-state index in [1.165, 1.54) is 18.8 Å². The largest absolute Gasteiger partial charge is 0.374 e. The van der Waals surface area contributed by atoms with Gasteiger partial charge < -0.3 is 4.90 Å². The van der Waals surface area contributed by atoms with Crippen LogP contribution < -0.4 is 0 Å². The fourth-order valence-corrected chi connectivity index (χ4v) is 2.56. The van der Waals surface area contributed by atoms with Crippen LogP contribution in [-0.2, 0) is 0 Å². The molecule has 0 aromatic rings. The summed E-state index contributed by atoms with van der Waals surface area (Å²) in [7, 11) is 0. The average Bonchev–Trinajstić information content (AvgIpc) is 1.73. The first-order valence-electron chi connectivity index (χ1n) is 3.96. The molecule has 3 heteroatoms. The van der Waals surface area contributed by atoms with Crippen LogP contribution in [-0.4, -0.2) is 35.4 Å². The Balaban J connectivity index is 1.84. The summed E-state index contributed by atoms with van der Waals surface area (Å²) in [4.78, 5) is 2.33. The van der Waals surface area contributed by atoms with Gasteiger partial charge in [-0.25, -0.2) is 0 Å². The maximum absolute atomic E-state index is 4.26. The Morgan fingerprint density at radius 2 is 1.91 bits per heavy atom. The summed E-state index contributed by atoms with van der Waals surface area (Å²) in [5, 5.41) is 0. The van der Waals surface area contributed by atoms with Crippen LogP contribution >= 0.6 is 12.8 Å². The van der Waals surface area contributed by atoms with Gasteiger partial charge in [0.25, 0.3) is 0 Å². The molecule has 2 fully saturated rings. The molecule has 0 aromatic heterocycles. The molecule has 2 heterocycles. The molecule has 0 radical (unpaired) electrons. The molecular formula is C8H14N2S. The third kappa shape index (κ3) is 1.07. The van der Waals surface area contributed by atoms with E-state index >= 15 is 0 Å². The van der Waals surface area contributed by atoms with Crippen LogP contribution in [0.15, 0.2) is 12.3 Å². The number of hydrogen-bond donors (Lipinski definition) is 1. The predicted molar refractivity (Wildman–Crippen MR) is 49.4 cm³/mol. The van der Waals surface area contributed by atoms with Crippen molar-refractivity contribution < 1.29 is 0 Å². The van der Waals surface area contributed by atoms with Crippen LogP contribution in [0.25, 0.3) is 0 Å². The molecule has 0 aromatic carbocycles. The second-order valence-corrected chi connectivity index (χ2v) is 4.48. The van der Waals surface area contributed by atoms with Crippen LogP contribution in [0, 0.1) is 5.41 Å². The van der Waals surface area contributed by atoms with Crippen LogP contribution in [0.1, 0.15) is 6.92 Å². The van der Waals surface area contributed by atoms with Gasteiger partial charge in [-0.2, -0.15) is 0 Å². The lowest BCUT2D eigenvalue weighted by atomic mass is 9.74. The quantitative estimate of drug-likeness (QED) is 0.586. The van der Waals surface area contributed by atoms with E-state index in [2.05, 4.69) is 35.5 Å². The van der Waals surface area contributed by atoms with Gasteiger partial charge in [0.1, 0.15) is 0 Å². The first-order valence-corrected chi connectivity index (χ1v) is 4.36. The molecule has 0 amide bonds. The van der Waals surface area contributed by atoms with Crippen molar-refractivity contribution in [2.24, 2.45) is 5.41 Å². The first kappa shape index (κ1) is 7.50. The van der Waals surface area contributed by atoms with E-state index in [0.717, 1.165) is 13.1 Å². The highest BCUT2D eigenvalue weighted by atomic mass is 32.1. The van der Waals surface area contributed by atoms with Crippen molar-refractivity contribution in [1.29, 1.82) is 0 Å². The third-order valence-electron chi connectivity index (χ3n) is 2.63. The van der Waals surface area contributed by atoms with Gasteiger partial charge in [-0.1, -0.05) is 19.4 Å². The van der Waals surface area contributed by atoms with Gasteiger partial charge >= 0.3 is 0 Å². The number of allylic oxidation sites excluding steroid dienone is 1. The fraction of sp³-hybridized carbons (Fsp3) is 0.750. The molecule has 0 saturated carbocycles. The molecule has 2 nitrogen and oxygen atoms in total. The maximum atomic E-state index is 4.26. The van der Waals surface area contributed by atoms with Crippen molar-refractivity contribution in [3.05, 3.63) is 12.3 Å². The van der Waals surface area contributed by atoms with Gasteiger partial charge in [0, 0.05) is 37.3 Å². The lowest BCUT2D eigenvalue weighted by molar-refractivity contribution is -0.0573. The normalized spacial score (nSPS) is 28.0. The molecule has 2 aliphatic heterocycles. The van der Waals surface area contributed by atoms with Crippen molar-refractivity contribution in [3.8, 4) is 0 Å². The molecule has 1 spiro atoms. The molecule has 0 bridgehead atoms. The van der Waals surface area contributed by atoms with Crippen molar-refractivity contribution in [1.82, 2.24) is 9.21 Å². The van der Waals surface area contributed by atoms with Crippen LogP contribution in [0.2, 0.25) is 0 Å². The van der Waals surface area contributed by atoms with Gasteiger partial charge in [-0.15, -0.1) is 0 Å². The summed E-state index contributed by atoms with van der Waals surface area (Å²) in [5.41, 5.74) is 1.79. The van der Waals surface area contributed by atoms with Crippen molar-refractivity contribution in [2.75, 3.05) is 26.2 Å². The molecule has 2 rings (SSSR count). The monoisotopic (exact) mass is 170 g/mol. The van der Waals surface area contributed by atoms with Crippen molar-refractivity contribution >= 4 is 12.8 Å². The Kier molecular flexibility index (Phi) is 1.48. The zero-order chi connectivity index (χ0) is 8.06. The number of nitrogens with zero attached hydrogens (tertiary/aromatic N) is 2. The van der Waals surface area contributed by atoms with E-state index in [9.17, 15) is 0 Å². The summed E-state index contributed by atoms with van der Waals surface area (Å²) in [6, 6.07) is 0. The minimum absolute atomic E-state index is 0.584. The van der Waals surface area contributed by atoms with Gasteiger partial charge in [-0.3, -0.25) is 4.31 Å². The van der Waals surface area contributed by atoms with Crippen LogP contribution in [0.3, 0.4) is 0 Å². The third-order valence-corrected chi connectivity index (χ3v) is 2.91. The first-order chi connectivity index (χ1) is 5.11. The Labute approximate surface area is 73.4 Å². The Morgan fingerprint density at radius 1 is 1.36 bits per heavy atom. The summed E-state index contributed by atoms with van der Waals surface area (Å²) < 4.78 is 2.08. The van der Waals surface area contributed by atoms with Gasteiger partial charge in [0.15, 0.2) is 0 Å². The standard InChI is InChI=1S/C8H14N2S/c1-7(2)9-3-8(4-9)5-10(11)6-8/h11H,1,3-6H2,2H3. The number of likely N-dealkylation sites (tertiary alicyclic amines) is 1. The van der Waals surface area contributed by atoms with Crippen LogP contribution in [0.5, 0.6) is 0 Å². The van der Waals surface area contributed by atoms with E-state index in [1.807, 2.05) is 0 Å². The highest BCUT2D eigenvalue weighted by Gasteiger charge is 2.50. The van der Waals surface area contributed by atoms with Gasteiger partial charge in [-0.05, 0) is 6.92 Å². The predicted octanol–water partition coefficient (Wildman–Crippen LogP) is 0.982. The fourth-order valence-electron chi connectivity index (χ4n) is 1.96. The Hall–Kier alpha value is -0.150. The molecule has 0 unspecified atom stereocenters. The minimum atomic E-state index is 0.584. The zero-order valence-corrected chi connectivity index (χ0v) is 7.77. The van der Waals surface area contributed by atoms with Gasteiger partial charge in [0.05, 0.1) is 0 Å². The number of hydrogen-bond acceptors (Lipinski definition) is 3. The lowest BCUT2D eigenvalue weighted by Gasteiger charge is -2.59.